The van der Waals surface area contributed by atoms with Crippen molar-refractivity contribution in [2.24, 2.45) is 0 Å². The minimum atomic E-state index is -0.140. The zero-order valence-corrected chi connectivity index (χ0v) is 15.7. The molecule has 1 aliphatic rings. The second-order valence-corrected chi connectivity index (χ2v) is 7.37. The summed E-state index contributed by atoms with van der Waals surface area (Å²) in [7, 11) is 0. The second-order valence-electron chi connectivity index (χ2n) is 6.17. The number of fused-ring (bicyclic) bond motifs is 2. The highest BCUT2D eigenvalue weighted by molar-refractivity contribution is 7.11. The third kappa shape index (κ3) is 3.57. The van der Waals surface area contributed by atoms with Crippen molar-refractivity contribution in [1.29, 1.82) is 0 Å². The summed E-state index contributed by atoms with van der Waals surface area (Å²) in [6, 6.07) is 13.0. The van der Waals surface area contributed by atoms with Crippen LogP contribution in [0.4, 0.5) is 5.69 Å². The molecule has 2 aromatic carbocycles. The van der Waals surface area contributed by atoms with E-state index in [0.717, 1.165) is 39.0 Å². The van der Waals surface area contributed by atoms with Gasteiger partial charge in [-0.1, -0.05) is 25.6 Å². The number of nitrogens with one attached hydrogen (secondary N) is 2. The monoisotopic (exact) mass is 377 g/mol. The molecule has 0 spiro atoms. The fraction of sp³-hybridized carbons (Fsp3) is 0.143. The first-order chi connectivity index (χ1) is 13.1. The molecule has 0 atom stereocenters. The Morgan fingerprint density at radius 2 is 2.11 bits per heavy atom. The molecule has 6 heteroatoms. The lowest BCUT2D eigenvalue weighted by atomic mass is 10.1. The van der Waals surface area contributed by atoms with Gasteiger partial charge in [0.25, 0.3) is 5.91 Å². The Kier molecular flexibility index (Phi) is 4.64. The van der Waals surface area contributed by atoms with E-state index in [1.165, 1.54) is 0 Å². The van der Waals surface area contributed by atoms with Crippen molar-refractivity contribution in [2.75, 3.05) is 5.32 Å². The van der Waals surface area contributed by atoms with E-state index in [9.17, 15) is 4.79 Å². The molecule has 136 valence electrons. The van der Waals surface area contributed by atoms with Gasteiger partial charge in [-0.05, 0) is 36.8 Å². The van der Waals surface area contributed by atoms with Gasteiger partial charge >= 0.3 is 0 Å². The predicted molar refractivity (Wildman–Crippen MR) is 108 cm³/mol. The van der Waals surface area contributed by atoms with Gasteiger partial charge in [-0.3, -0.25) is 4.79 Å². The number of hydrogen-bond acceptors (Lipinski definition) is 5. The number of nitrogens with zero attached hydrogens (tertiary/aromatic N) is 1. The molecular formula is C21H19N3O2S. The Labute approximate surface area is 161 Å². The highest BCUT2D eigenvalue weighted by Gasteiger charge is 2.18. The SMILES string of the molecule is C=C1Nc2cc(C(=O)NCc3cnc(CC)s3)ccc2Oc2ccccc21. The Morgan fingerprint density at radius 1 is 1.26 bits per heavy atom. The maximum atomic E-state index is 12.5. The highest BCUT2D eigenvalue weighted by Crippen LogP contribution is 2.39. The lowest BCUT2D eigenvalue weighted by molar-refractivity contribution is 0.0951. The van der Waals surface area contributed by atoms with Crippen molar-refractivity contribution in [3.05, 3.63) is 76.3 Å². The van der Waals surface area contributed by atoms with Crippen LogP contribution in [0.15, 0.2) is 55.2 Å². The number of aromatic nitrogens is 1. The van der Waals surface area contributed by atoms with Crippen molar-refractivity contribution < 1.29 is 9.53 Å². The Balaban J connectivity index is 1.52. The Morgan fingerprint density at radius 3 is 2.93 bits per heavy atom. The number of para-hydroxylation sites is 1. The third-order valence-electron chi connectivity index (χ3n) is 4.29. The van der Waals surface area contributed by atoms with Gasteiger partial charge in [0.1, 0.15) is 5.75 Å². The van der Waals surface area contributed by atoms with E-state index in [-0.39, 0.29) is 5.91 Å². The average molecular weight is 377 g/mol. The summed E-state index contributed by atoms with van der Waals surface area (Å²) in [5.41, 5.74) is 2.91. The molecule has 0 unspecified atom stereocenters. The molecule has 0 bridgehead atoms. The summed E-state index contributed by atoms with van der Waals surface area (Å²) < 4.78 is 5.99. The van der Waals surface area contributed by atoms with E-state index >= 15 is 0 Å². The Hall–Kier alpha value is -3.12. The zero-order chi connectivity index (χ0) is 18.8. The summed E-state index contributed by atoms with van der Waals surface area (Å²) in [5.74, 6) is 1.26. The molecule has 0 saturated heterocycles. The van der Waals surface area contributed by atoms with Crippen LogP contribution in [0.1, 0.15) is 32.7 Å². The maximum absolute atomic E-state index is 12.5. The van der Waals surface area contributed by atoms with Crippen LogP contribution >= 0.6 is 11.3 Å². The number of carbonyl (C=O) groups is 1. The van der Waals surface area contributed by atoms with Crippen molar-refractivity contribution >= 4 is 28.6 Å². The number of carbonyl (C=O) groups excluding carboxylic acids is 1. The summed E-state index contributed by atoms with van der Waals surface area (Å²) in [6.45, 7) is 6.61. The van der Waals surface area contributed by atoms with E-state index < -0.39 is 0 Å². The van der Waals surface area contributed by atoms with Gasteiger partial charge in [-0.25, -0.2) is 4.98 Å². The first-order valence-corrected chi connectivity index (χ1v) is 9.54. The van der Waals surface area contributed by atoms with Gasteiger partial charge in [0.15, 0.2) is 5.75 Å². The zero-order valence-electron chi connectivity index (χ0n) is 14.9. The molecule has 3 aromatic rings. The largest absolute Gasteiger partial charge is 0.454 e. The lowest BCUT2D eigenvalue weighted by Crippen LogP contribution is -2.22. The van der Waals surface area contributed by atoms with Gasteiger partial charge in [-0.15, -0.1) is 11.3 Å². The molecule has 0 saturated carbocycles. The smallest absolute Gasteiger partial charge is 0.251 e. The quantitative estimate of drug-likeness (QED) is 0.684. The topological polar surface area (TPSA) is 63.2 Å². The fourth-order valence-electron chi connectivity index (χ4n) is 2.87. The first-order valence-electron chi connectivity index (χ1n) is 8.73. The predicted octanol–water partition coefficient (Wildman–Crippen LogP) is 4.82. The molecule has 1 aliphatic heterocycles. The van der Waals surface area contributed by atoms with E-state index in [1.807, 2.05) is 30.5 Å². The van der Waals surface area contributed by atoms with Gasteiger partial charge in [0.2, 0.25) is 0 Å². The van der Waals surface area contributed by atoms with E-state index in [1.54, 1.807) is 29.5 Å². The number of hydrogen-bond donors (Lipinski definition) is 2. The van der Waals surface area contributed by atoms with Gasteiger partial charge in [-0.2, -0.15) is 0 Å². The minimum Gasteiger partial charge on any atom is -0.454 e. The van der Waals surface area contributed by atoms with Gasteiger partial charge < -0.3 is 15.4 Å². The van der Waals surface area contributed by atoms with E-state index in [4.69, 9.17) is 4.74 Å². The number of amides is 1. The standard InChI is InChI=1S/C21H19N3O2S/c1-3-20-22-11-15(27-20)12-23-21(25)14-8-9-19-17(10-14)24-13(2)16-6-4-5-7-18(16)26-19/h4-11,24H,2-3,12H2,1H3,(H,23,25). The van der Waals surface area contributed by atoms with Gasteiger partial charge in [0, 0.05) is 27.9 Å². The summed E-state index contributed by atoms with van der Waals surface area (Å²) in [5, 5.41) is 7.27. The van der Waals surface area contributed by atoms with Crippen LogP contribution in [-0.4, -0.2) is 10.9 Å². The second kappa shape index (κ2) is 7.25. The molecule has 1 aromatic heterocycles. The maximum Gasteiger partial charge on any atom is 0.251 e. The summed E-state index contributed by atoms with van der Waals surface area (Å²) >= 11 is 1.62. The number of anilines is 1. The molecule has 27 heavy (non-hydrogen) atoms. The van der Waals surface area contributed by atoms with Crippen molar-refractivity contribution in [2.45, 2.75) is 19.9 Å². The molecule has 4 rings (SSSR count). The molecule has 2 N–H and O–H groups in total. The average Bonchev–Trinajstić information content (AvgIpc) is 3.10. The van der Waals surface area contributed by atoms with Crippen LogP contribution in [0, 0.1) is 0 Å². The molecule has 2 heterocycles. The van der Waals surface area contributed by atoms with E-state index in [2.05, 4.69) is 29.1 Å². The summed E-state index contributed by atoms with van der Waals surface area (Å²) in [6.07, 6.45) is 2.72. The number of thiazole rings is 1. The van der Waals surface area contributed by atoms with Crippen LogP contribution in [-0.2, 0) is 13.0 Å². The molecule has 0 radical (unpaired) electrons. The molecule has 0 fully saturated rings. The Bertz CT molecular complexity index is 1030. The van der Waals surface area contributed by atoms with Crippen LogP contribution < -0.4 is 15.4 Å². The van der Waals surface area contributed by atoms with Crippen LogP contribution in [0.2, 0.25) is 0 Å². The highest BCUT2D eigenvalue weighted by atomic mass is 32.1. The van der Waals surface area contributed by atoms with Crippen LogP contribution in [0.25, 0.3) is 5.70 Å². The molecule has 5 nitrogen and oxygen atoms in total. The number of benzene rings is 2. The van der Waals surface area contributed by atoms with E-state index in [0.29, 0.717) is 17.9 Å². The van der Waals surface area contributed by atoms with Crippen molar-refractivity contribution in [3.8, 4) is 11.5 Å². The van der Waals surface area contributed by atoms with Crippen molar-refractivity contribution in [1.82, 2.24) is 10.3 Å². The van der Waals surface area contributed by atoms with Crippen molar-refractivity contribution in [3.63, 3.8) is 0 Å². The van der Waals surface area contributed by atoms with Crippen LogP contribution in [0.3, 0.4) is 0 Å². The number of aryl methyl sites for hydroxylation is 1. The van der Waals surface area contributed by atoms with Gasteiger partial charge in [0.05, 0.1) is 17.2 Å². The third-order valence-corrected chi connectivity index (χ3v) is 5.43. The number of ether oxygens (including phenoxy) is 1. The number of rotatable bonds is 4. The van der Waals surface area contributed by atoms with Crippen LogP contribution in [0.5, 0.6) is 11.5 Å². The molecule has 1 amide bonds. The molecular weight excluding hydrogens is 358 g/mol. The first kappa shape index (κ1) is 17.3. The lowest BCUT2D eigenvalue weighted by Gasteiger charge is -2.10. The molecule has 0 aliphatic carbocycles. The minimum absolute atomic E-state index is 0.140. The normalized spacial score (nSPS) is 12.3. The summed E-state index contributed by atoms with van der Waals surface area (Å²) in [4.78, 5) is 17.9. The fourth-order valence-corrected chi connectivity index (χ4v) is 3.68.